The quantitative estimate of drug-likeness (QED) is 0.722. The molecule has 2 heterocycles. The van der Waals surface area contributed by atoms with Crippen LogP contribution in [0.3, 0.4) is 0 Å². The molecule has 2 N–H and O–H groups in total. The highest BCUT2D eigenvalue weighted by molar-refractivity contribution is 7.91. The van der Waals surface area contributed by atoms with E-state index in [1.165, 1.54) is 11.3 Å². The molecular weight excluding hydrogens is 394 g/mol. The smallest absolute Gasteiger partial charge is 0.189 e. The lowest BCUT2D eigenvalue weighted by atomic mass is 10.1. The molecule has 1 aromatic carbocycles. The molecule has 1 saturated heterocycles. The summed E-state index contributed by atoms with van der Waals surface area (Å²) < 4.78 is 33.6. The maximum Gasteiger partial charge on any atom is 0.189 e. The summed E-state index contributed by atoms with van der Waals surface area (Å²) in [7, 11) is 0.232. The number of anilines is 1. The second-order valence-electron chi connectivity index (χ2n) is 5.81. The maximum atomic E-state index is 11.5. The van der Waals surface area contributed by atoms with Crippen molar-refractivity contribution >= 4 is 43.6 Å². The van der Waals surface area contributed by atoms with Gasteiger partial charge in [0.05, 0.1) is 31.4 Å². The molecule has 1 aromatic heterocycles. The van der Waals surface area contributed by atoms with Gasteiger partial charge in [0.15, 0.2) is 31.6 Å². The number of ether oxygens (including phenoxy) is 2. The third-order valence-electron chi connectivity index (χ3n) is 3.97. The average Bonchev–Trinajstić information content (AvgIpc) is 3.20. The highest BCUT2D eigenvalue weighted by Crippen LogP contribution is 2.33. The minimum absolute atomic E-state index is 0.115. The van der Waals surface area contributed by atoms with Gasteiger partial charge in [-0.1, -0.05) is 0 Å². The van der Waals surface area contributed by atoms with E-state index in [2.05, 4.69) is 15.6 Å². The SMILES string of the molecule is COc1ccc(-c2csc(NC(=S)N[C@@H]3CCS(=O)(=O)C3)n2)cc1OC. The average molecular weight is 414 g/mol. The highest BCUT2D eigenvalue weighted by atomic mass is 32.2. The minimum atomic E-state index is -2.94. The number of thiocarbonyl (C=S) groups is 1. The van der Waals surface area contributed by atoms with E-state index in [1.807, 2.05) is 23.6 Å². The molecule has 140 valence electrons. The van der Waals surface area contributed by atoms with Crippen molar-refractivity contribution in [3.63, 3.8) is 0 Å². The lowest BCUT2D eigenvalue weighted by Crippen LogP contribution is -2.38. The molecule has 0 unspecified atom stereocenters. The summed E-state index contributed by atoms with van der Waals surface area (Å²) in [5, 5.41) is 8.97. The lowest BCUT2D eigenvalue weighted by Gasteiger charge is -2.13. The van der Waals surface area contributed by atoms with Crippen LogP contribution in [0.25, 0.3) is 11.3 Å². The number of rotatable bonds is 5. The van der Waals surface area contributed by atoms with Crippen LogP contribution in [0.15, 0.2) is 23.6 Å². The van der Waals surface area contributed by atoms with Crippen LogP contribution in [0.5, 0.6) is 11.5 Å². The fourth-order valence-electron chi connectivity index (χ4n) is 2.69. The van der Waals surface area contributed by atoms with E-state index in [9.17, 15) is 8.42 Å². The molecule has 0 spiro atoms. The predicted molar refractivity (Wildman–Crippen MR) is 107 cm³/mol. The summed E-state index contributed by atoms with van der Waals surface area (Å²) in [6.07, 6.45) is 0.568. The van der Waals surface area contributed by atoms with Gasteiger partial charge in [0.1, 0.15) is 0 Å². The first-order valence-corrected chi connectivity index (χ1v) is 11.0. The van der Waals surface area contributed by atoms with E-state index >= 15 is 0 Å². The van der Waals surface area contributed by atoms with E-state index in [1.54, 1.807) is 14.2 Å². The van der Waals surface area contributed by atoms with Crippen LogP contribution < -0.4 is 20.1 Å². The second kappa shape index (κ2) is 7.77. The zero-order valence-corrected chi connectivity index (χ0v) is 16.8. The van der Waals surface area contributed by atoms with Crippen molar-refractivity contribution in [2.75, 3.05) is 31.0 Å². The van der Waals surface area contributed by atoms with Crippen molar-refractivity contribution in [1.82, 2.24) is 10.3 Å². The molecule has 1 aliphatic rings. The predicted octanol–water partition coefficient (Wildman–Crippen LogP) is 2.30. The fourth-order valence-corrected chi connectivity index (χ4v) is 5.41. The van der Waals surface area contributed by atoms with Gasteiger partial charge in [-0.25, -0.2) is 13.4 Å². The summed E-state index contributed by atoms with van der Waals surface area (Å²) in [4.78, 5) is 4.52. The molecule has 1 fully saturated rings. The van der Waals surface area contributed by atoms with Gasteiger partial charge in [-0.15, -0.1) is 11.3 Å². The normalized spacial score (nSPS) is 18.3. The molecule has 0 aliphatic carbocycles. The van der Waals surface area contributed by atoms with E-state index in [-0.39, 0.29) is 17.5 Å². The molecule has 0 amide bonds. The first-order valence-electron chi connectivity index (χ1n) is 7.86. The van der Waals surface area contributed by atoms with Crippen LogP contribution in [0.1, 0.15) is 6.42 Å². The Balaban J connectivity index is 1.65. The standard InChI is InChI=1S/C16H19N3O4S3/c1-22-13-4-3-10(7-14(13)23-2)12-8-25-16(18-12)19-15(24)17-11-5-6-26(20,21)9-11/h3-4,7-8,11H,5-6,9H2,1-2H3,(H2,17,18,19,24)/t11-/m1/s1. The number of nitrogens with zero attached hydrogens (tertiary/aromatic N) is 1. The Kier molecular flexibility index (Phi) is 5.64. The van der Waals surface area contributed by atoms with Crippen molar-refractivity contribution in [1.29, 1.82) is 0 Å². The van der Waals surface area contributed by atoms with Gasteiger partial charge in [0, 0.05) is 17.0 Å². The molecule has 0 saturated carbocycles. The topological polar surface area (TPSA) is 89.6 Å². The fraction of sp³-hybridized carbons (Fsp3) is 0.375. The largest absolute Gasteiger partial charge is 0.493 e. The zero-order valence-electron chi connectivity index (χ0n) is 14.3. The third-order valence-corrected chi connectivity index (χ3v) is 6.72. The summed E-state index contributed by atoms with van der Waals surface area (Å²) in [5.41, 5.74) is 1.68. The monoisotopic (exact) mass is 413 g/mol. The highest BCUT2D eigenvalue weighted by Gasteiger charge is 2.28. The third kappa shape index (κ3) is 4.43. The number of aromatic nitrogens is 1. The van der Waals surface area contributed by atoms with E-state index in [0.717, 1.165) is 11.3 Å². The Morgan fingerprint density at radius 1 is 1.31 bits per heavy atom. The molecule has 0 radical (unpaired) electrons. The number of nitrogens with one attached hydrogen (secondary N) is 2. The van der Waals surface area contributed by atoms with Crippen LogP contribution in [-0.2, 0) is 9.84 Å². The Bertz CT molecular complexity index is 911. The lowest BCUT2D eigenvalue weighted by molar-refractivity contribution is 0.355. The molecule has 1 atom stereocenters. The summed E-state index contributed by atoms with van der Waals surface area (Å²) in [6, 6.07) is 5.44. The Morgan fingerprint density at radius 3 is 2.73 bits per heavy atom. The second-order valence-corrected chi connectivity index (χ2v) is 9.30. The molecule has 26 heavy (non-hydrogen) atoms. The van der Waals surface area contributed by atoms with E-state index in [0.29, 0.717) is 28.2 Å². The molecule has 1 aliphatic heterocycles. The van der Waals surface area contributed by atoms with E-state index in [4.69, 9.17) is 21.7 Å². The van der Waals surface area contributed by atoms with Crippen LogP contribution in [0.2, 0.25) is 0 Å². The number of hydrogen-bond acceptors (Lipinski definition) is 7. The molecule has 7 nitrogen and oxygen atoms in total. The summed E-state index contributed by atoms with van der Waals surface area (Å²) in [5.74, 6) is 1.60. The van der Waals surface area contributed by atoms with Gasteiger partial charge in [-0.05, 0) is 36.8 Å². The van der Waals surface area contributed by atoms with Crippen LogP contribution >= 0.6 is 23.6 Å². The van der Waals surface area contributed by atoms with Gasteiger partial charge in [-0.2, -0.15) is 0 Å². The van der Waals surface area contributed by atoms with Crippen LogP contribution in [-0.4, -0.2) is 50.3 Å². The maximum absolute atomic E-state index is 11.5. The van der Waals surface area contributed by atoms with Crippen LogP contribution in [0, 0.1) is 0 Å². The first kappa shape index (κ1) is 18.9. The number of benzene rings is 1. The van der Waals surface area contributed by atoms with E-state index < -0.39 is 9.84 Å². The summed E-state index contributed by atoms with van der Waals surface area (Å²) >= 11 is 6.67. The molecular formula is C16H19N3O4S3. The van der Waals surface area contributed by atoms with Gasteiger partial charge < -0.3 is 20.1 Å². The number of methoxy groups -OCH3 is 2. The Morgan fingerprint density at radius 2 is 2.08 bits per heavy atom. The molecule has 2 aromatic rings. The van der Waals surface area contributed by atoms with Crippen molar-refractivity contribution in [2.24, 2.45) is 0 Å². The molecule has 10 heteroatoms. The van der Waals surface area contributed by atoms with Crippen molar-refractivity contribution in [2.45, 2.75) is 12.5 Å². The minimum Gasteiger partial charge on any atom is -0.493 e. The number of sulfone groups is 1. The molecule has 3 rings (SSSR count). The van der Waals surface area contributed by atoms with Gasteiger partial charge in [-0.3, -0.25) is 0 Å². The summed E-state index contributed by atoms with van der Waals surface area (Å²) in [6.45, 7) is 0. The van der Waals surface area contributed by atoms with Crippen molar-refractivity contribution in [3.8, 4) is 22.8 Å². The van der Waals surface area contributed by atoms with Gasteiger partial charge >= 0.3 is 0 Å². The van der Waals surface area contributed by atoms with Gasteiger partial charge in [0.2, 0.25) is 0 Å². The number of hydrogen-bond donors (Lipinski definition) is 2. The molecule has 0 bridgehead atoms. The first-order chi connectivity index (χ1) is 12.4. The number of thiazole rings is 1. The van der Waals surface area contributed by atoms with Crippen molar-refractivity contribution in [3.05, 3.63) is 23.6 Å². The van der Waals surface area contributed by atoms with Crippen LogP contribution in [0.4, 0.5) is 5.13 Å². The van der Waals surface area contributed by atoms with Gasteiger partial charge in [0.25, 0.3) is 0 Å². The Labute approximate surface area is 161 Å². The van der Waals surface area contributed by atoms with Crippen molar-refractivity contribution < 1.29 is 17.9 Å². The Hall–Kier alpha value is -1.91. The zero-order chi connectivity index (χ0) is 18.7.